The Hall–Kier alpha value is -1.75. The van der Waals surface area contributed by atoms with Gasteiger partial charge < -0.3 is 41.0 Å². The number of aliphatic hydroxyl groups is 4. The number of aliphatic hydroxyl groups excluding tert-OH is 2. The van der Waals surface area contributed by atoms with Crippen molar-refractivity contribution >= 4 is 5.78 Å². The van der Waals surface area contributed by atoms with E-state index in [-0.39, 0.29) is 41.7 Å². The number of hydrogen-bond acceptors (Lipinski definition) is 9. The van der Waals surface area contributed by atoms with E-state index in [4.69, 9.17) is 15.2 Å². The molecule has 0 radical (unpaired) electrons. The van der Waals surface area contributed by atoms with Crippen molar-refractivity contribution in [2.75, 3.05) is 19.8 Å². The number of carbonyl (C=O) groups is 1. The zero-order valence-corrected chi connectivity index (χ0v) is 32.9. The van der Waals surface area contributed by atoms with Crippen molar-refractivity contribution < 1.29 is 34.7 Å². The largest absolute Gasteiger partial charge is 0.396 e. The fourth-order valence-electron chi connectivity index (χ4n) is 14.0. The Morgan fingerprint density at radius 2 is 1.79 bits per heavy atom. The summed E-state index contributed by atoms with van der Waals surface area (Å²) in [4.78, 5) is 14.4. The van der Waals surface area contributed by atoms with Crippen LogP contribution in [0.1, 0.15) is 130 Å². The standard InChI is InChI=1S/C44H68N2O7/c1-27-15-21-52-43(25-27,38-37(53-38)41(4,50)39(2,26-47)16-10-28-14-20-46-36(45)22-28)35-13-19-44(51)32-24-34(49)33-23-30(48)11-18-42(33,29-8-6-5-7-9-29)31(32)12-17-40(35,44)3/h14,22,24,27,29-31,33,35,37-38,46-48,50-51H,5-13,15-21,23,25-26,45H2,1-4H3/t27-,30+,31+,33+,35+,37+,38+,39+,40-,41+,42+,43-,44-/m1/s1. The molecule has 13 atom stereocenters. The highest BCUT2D eigenvalue weighted by Gasteiger charge is 2.75. The summed E-state index contributed by atoms with van der Waals surface area (Å²) in [6.07, 6.45) is 18.8. The highest BCUT2D eigenvalue weighted by atomic mass is 16.6. The first-order chi connectivity index (χ1) is 25.1. The van der Waals surface area contributed by atoms with E-state index in [1.54, 1.807) is 0 Å². The number of ether oxygens (including phenoxy) is 2. The third kappa shape index (κ3) is 5.70. The van der Waals surface area contributed by atoms with Crippen molar-refractivity contribution in [2.45, 2.75) is 166 Å². The van der Waals surface area contributed by atoms with Crippen molar-refractivity contribution in [3.05, 3.63) is 35.2 Å². The van der Waals surface area contributed by atoms with Crippen LogP contribution in [0.25, 0.3) is 0 Å². The summed E-state index contributed by atoms with van der Waals surface area (Å²) in [6, 6.07) is 0. The molecule has 6 fully saturated rings. The van der Waals surface area contributed by atoms with E-state index in [0.29, 0.717) is 56.5 Å². The molecular formula is C44H68N2O7. The highest BCUT2D eigenvalue weighted by molar-refractivity contribution is 5.95. The van der Waals surface area contributed by atoms with Crippen LogP contribution >= 0.6 is 0 Å². The molecule has 4 saturated carbocycles. The number of rotatable bonds is 9. The molecule has 53 heavy (non-hydrogen) atoms. The molecule has 0 bridgehead atoms. The average Bonchev–Trinajstić information content (AvgIpc) is 3.91. The van der Waals surface area contributed by atoms with Crippen LogP contribution in [0.15, 0.2) is 35.2 Å². The lowest BCUT2D eigenvalue weighted by molar-refractivity contribution is -0.197. The molecule has 0 aromatic heterocycles. The SMILES string of the molecule is C[C@@H]1CCO[C@]([C@H]2CC[C@@]3(O)C4=CC(=O)[C@@H]5C[C@@H](O)CC[C@]5(C5CCCCC5)[C@H]4CC[C@]23C)([C@H]2O[C@@H]2[C@](C)(O)[C@](C)(CO)CCC2=CCNC(N)=C2)C1. The second kappa shape index (κ2) is 13.4. The number of dihydropyridines is 1. The maximum absolute atomic E-state index is 14.4. The summed E-state index contributed by atoms with van der Waals surface area (Å²) in [5.41, 5.74) is 3.35. The van der Waals surface area contributed by atoms with Gasteiger partial charge in [-0.05, 0) is 143 Å². The first kappa shape index (κ1) is 38.1. The van der Waals surface area contributed by atoms with E-state index < -0.39 is 39.8 Å². The molecule has 2 saturated heterocycles. The van der Waals surface area contributed by atoms with Crippen LogP contribution in [0.4, 0.5) is 0 Å². The molecule has 3 heterocycles. The highest BCUT2D eigenvalue weighted by Crippen LogP contribution is 2.72. The second-order valence-electron chi connectivity index (χ2n) is 19.9. The van der Waals surface area contributed by atoms with Gasteiger partial charge in [-0.15, -0.1) is 0 Å². The maximum Gasteiger partial charge on any atom is 0.159 e. The average molecular weight is 737 g/mol. The van der Waals surface area contributed by atoms with Crippen LogP contribution in [-0.4, -0.2) is 81.1 Å². The molecule has 7 N–H and O–H groups in total. The van der Waals surface area contributed by atoms with Crippen LogP contribution in [0.5, 0.6) is 0 Å². The van der Waals surface area contributed by atoms with E-state index in [0.717, 1.165) is 68.9 Å². The monoisotopic (exact) mass is 737 g/mol. The molecule has 296 valence electrons. The lowest BCUT2D eigenvalue weighted by Crippen LogP contribution is -2.64. The van der Waals surface area contributed by atoms with E-state index in [1.165, 1.54) is 19.3 Å². The minimum atomic E-state index is -1.34. The Kier molecular flexibility index (Phi) is 9.67. The molecule has 9 nitrogen and oxygen atoms in total. The van der Waals surface area contributed by atoms with Crippen LogP contribution in [0.3, 0.4) is 0 Å². The van der Waals surface area contributed by atoms with Crippen molar-refractivity contribution in [2.24, 2.45) is 51.6 Å². The molecule has 5 aliphatic carbocycles. The Bertz CT molecular complexity index is 1530. The quantitative estimate of drug-likeness (QED) is 0.166. The summed E-state index contributed by atoms with van der Waals surface area (Å²) in [5, 5.41) is 50.7. The topological polar surface area (TPSA) is 158 Å². The van der Waals surface area contributed by atoms with Crippen molar-refractivity contribution in [1.82, 2.24) is 5.32 Å². The van der Waals surface area contributed by atoms with Gasteiger partial charge >= 0.3 is 0 Å². The van der Waals surface area contributed by atoms with Crippen molar-refractivity contribution in [3.63, 3.8) is 0 Å². The molecule has 8 aliphatic rings. The zero-order valence-electron chi connectivity index (χ0n) is 32.9. The summed E-state index contributed by atoms with van der Waals surface area (Å²) < 4.78 is 13.7. The predicted octanol–water partition coefficient (Wildman–Crippen LogP) is 5.59. The van der Waals surface area contributed by atoms with Crippen LogP contribution in [-0.2, 0) is 14.3 Å². The number of fused-ring (bicyclic) bond motifs is 5. The first-order valence-electron chi connectivity index (χ1n) is 21.3. The molecule has 8 rings (SSSR count). The molecule has 0 amide bonds. The molecule has 0 spiro atoms. The normalized spacial score (nSPS) is 46.7. The Balaban J connectivity index is 1.11. The fourth-order valence-corrected chi connectivity index (χ4v) is 14.0. The maximum atomic E-state index is 14.4. The molecule has 0 unspecified atom stereocenters. The lowest BCUT2D eigenvalue weighted by atomic mass is 9.41. The van der Waals surface area contributed by atoms with Gasteiger partial charge in [0.05, 0.1) is 29.7 Å². The number of nitrogens with two attached hydrogens (primary N) is 1. The number of ketones is 1. The molecule has 0 aromatic rings. The number of nitrogens with one attached hydrogen (secondary N) is 1. The third-order valence-corrected chi connectivity index (χ3v) is 17.4. The summed E-state index contributed by atoms with van der Waals surface area (Å²) in [5.74, 6) is 1.55. The van der Waals surface area contributed by atoms with E-state index in [2.05, 4.69) is 25.2 Å². The van der Waals surface area contributed by atoms with Crippen LogP contribution in [0, 0.1) is 45.8 Å². The van der Waals surface area contributed by atoms with E-state index in [1.807, 2.05) is 26.0 Å². The third-order valence-electron chi connectivity index (χ3n) is 17.4. The smallest absolute Gasteiger partial charge is 0.159 e. The van der Waals surface area contributed by atoms with Gasteiger partial charge in [0.25, 0.3) is 0 Å². The van der Waals surface area contributed by atoms with E-state index in [9.17, 15) is 25.2 Å². The summed E-state index contributed by atoms with van der Waals surface area (Å²) in [6.45, 7) is 9.41. The van der Waals surface area contributed by atoms with Gasteiger partial charge in [-0.25, -0.2) is 0 Å². The summed E-state index contributed by atoms with van der Waals surface area (Å²) in [7, 11) is 0. The minimum Gasteiger partial charge on any atom is -0.396 e. The molecule has 0 aromatic carbocycles. The van der Waals surface area contributed by atoms with Gasteiger partial charge in [0.15, 0.2) is 5.78 Å². The van der Waals surface area contributed by atoms with Gasteiger partial charge in [-0.2, -0.15) is 0 Å². The number of hydrogen-bond donors (Lipinski definition) is 6. The number of carbonyl (C=O) groups excluding carboxylic acids is 1. The fraction of sp³-hybridized carbons (Fsp3) is 0.841. The molecule has 3 aliphatic heterocycles. The van der Waals surface area contributed by atoms with Gasteiger partial charge in [-0.3, -0.25) is 4.79 Å². The predicted molar refractivity (Wildman–Crippen MR) is 203 cm³/mol. The summed E-state index contributed by atoms with van der Waals surface area (Å²) >= 11 is 0. The van der Waals surface area contributed by atoms with Gasteiger partial charge in [0.1, 0.15) is 17.8 Å². The van der Waals surface area contributed by atoms with Crippen molar-refractivity contribution in [3.8, 4) is 0 Å². The van der Waals surface area contributed by atoms with Crippen molar-refractivity contribution in [1.29, 1.82) is 0 Å². The lowest BCUT2D eigenvalue weighted by Gasteiger charge is -2.64. The Labute approximate surface area is 317 Å². The minimum absolute atomic E-state index is 0.0320. The van der Waals surface area contributed by atoms with Gasteiger partial charge in [-0.1, -0.05) is 46.1 Å². The number of epoxide rings is 1. The van der Waals surface area contributed by atoms with Gasteiger partial charge in [0.2, 0.25) is 0 Å². The Morgan fingerprint density at radius 1 is 1.02 bits per heavy atom. The number of allylic oxidation sites excluding steroid dienone is 3. The zero-order chi connectivity index (χ0) is 37.6. The van der Waals surface area contributed by atoms with E-state index >= 15 is 0 Å². The van der Waals surface area contributed by atoms with Gasteiger partial charge in [0, 0.05) is 29.9 Å². The molecule has 9 heteroatoms. The first-order valence-corrected chi connectivity index (χ1v) is 21.3. The van der Waals surface area contributed by atoms with Crippen LogP contribution in [0.2, 0.25) is 0 Å². The second-order valence-corrected chi connectivity index (χ2v) is 19.9. The molecular weight excluding hydrogens is 668 g/mol. The Morgan fingerprint density at radius 3 is 2.51 bits per heavy atom. The van der Waals surface area contributed by atoms with Crippen LogP contribution < -0.4 is 11.1 Å².